The Kier molecular flexibility index (Phi) is 4.97. The molecule has 0 radical (unpaired) electrons. The number of hydrogen-bond donors (Lipinski definition) is 2. The highest BCUT2D eigenvalue weighted by Gasteiger charge is 2.31. The number of rotatable bonds is 3. The summed E-state index contributed by atoms with van der Waals surface area (Å²) in [5, 5.41) is 2.53. The average Bonchev–Trinajstić information content (AvgIpc) is 2.46. The Morgan fingerprint density at radius 3 is 2.74 bits per heavy atom. The maximum absolute atomic E-state index is 12.2. The highest BCUT2D eigenvalue weighted by molar-refractivity contribution is 5.93. The number of urea groups is 1. The lowest BCUT2D eigenvalue weighted by molar-refractivity contribution is -0.274. The van der Waals surface area contributed by atoms with Gasteiger partial charge in [-0.2, -0.15) is 0 Å². The average molecular weight is 331 g/mol. The van der Waals surface area contributed by atoms with Crippen LogP contribution in [0.15, 0.2) is 24.3 Å². The third-order valence-corrected chi connectivity index (χ3v) is 3.44. The minimum atomic E-state index is -4.80. The van der Waals surface area contributed by atoms with Gasteiger partial charge in [-0.25, -0.2) is 4.79 Å². The molecule has 3 amide bonds. The van der Waals surface area contributed by atoms with Crippen LogP contribution in [0.5, 0.6) is 5.75 Å². The predicted octanol–water partition coefficient (Wildman–Crippen LogP) is 2.31. The first-order chi connectivity index (χ1) is 10.7. The molecule has 2 rings (SSSR count). The SMILES string of the molecule is NC(=O)N1CCC[C@H](C(=O)Nc2cccc(OC(F)(F)F)c2)C1. The Morgan fingerprint density at radius 2 is 2.09 bits per heavy atom. The zero-order valence-electron chi connectivity index (χ0n) is 12.1. The maximum atomic E-state index is 12.2. The predicted molar refractivity (Wildman–Crippen MR) is 75.6 cm³/mol. The van der Waals surface area contributed by atoms with Crippen LogP contribution in [0.1, 0.15) is 12.8 Å². The Bertz CT molecular complexity index is 592. The molecule has 3 N–H and O–H groups in total. The number of hydrogen-bond acceptors (Lipinski definition) is 3. The molecule has 0 saturated carbocycles. The first kappa shape index (κ1) is 16.9. The van der Waals surface area contributed by atoms with E-state index in [0.717, 1.165) is 12.1 Å². The van der Waals surface area contributed by atoms with E-state index in [2.05, 4.69) is 10.1 Å². The number of nitrogens with one attached hydrogen (secondary N) is 1. The number of ether oxygens (including phenoxy) is 1. The monoisotopic (exact) mass is 331 g/mol. The van der Waals surface area contributed by atoms with Gasteiger partial charge in [0.15, 0.2) is 0 Å². The Balaban J connectivity index is 2.00. The summed E-state index contributed by atoms with van der Waals surface area (Å²) < 4.78 is 40.4. The molecule has 1 saturated heterocycles. The second-order valence-electron chi connectivity index (χ2n) is 5.19. The van der Waals surface area contributed by atoms with Gasteiger partial charge in [-0.05, 0) is 25.0 Å². The van der Waals surface area contributed by atoms with E-state index < -0.39 is 24.1 Å². The van der Waals surface area contributed by atoms with Crippen LogP contribution >= 0.6 is 0 Å². The van der Waals surface area contributed by atoms with E-state index in [1.54, 1.807) is 0 Å². The molecule has 126 valence electrons. The lowest BCUT2D eigenvalue weighted by Crippen LogP contribution is -2.46. The topological polar surface area (TPSA) is 84.7 Å². The molecule has 0 unspecified atom stereocenters. The van der Waals surface area contributed by atoms with Crippen molar-refractivity contribution in [2.75, 3.05) is 18.4 Å². The summed E-state index contributed by atoms with van der Waals surface area (Å²) in [5.74, 6) is -1.25. The summed E-state index contributed by atoms with van der Waals surface area (Å²) in [6, 6.07) is 4.42. The summed E-state index contributed by atoms with van der Waals surface area (Å²) >= 11 is 0. The number of primary amides is 1. The molecular weight excluding hydrogens is 315 g/mol. The molecule has 1 aliphatic rings. The van der Waals surface area contributed by atoms with Crippen molar-refractivity contribution in [1.82, 2.24) is 4.90 Å². The first-order valence-corrected chi connectivity index (χ1v) is 6.95. The minimum Gasteiger partial charge on any atom is -0.406 e. The molecule has 1 aromatic carbocycles. The largest absolute Gasteiger partial charge is 0.573 e. The summed E-state index contributed by atoms with van der Waals surface area (Å²) in [7, 11) is 0. The van der Waals surface area contributed by atoms with Gasteiger partial charge in [-0.3, -0.25) is 4.79 Å². The highest BCUT2D eigenvalue weighted by Crippen LogP contribution is 2.26. The van der Waals surface area contributed by atoms with E-state index >= 15 is 0 Å². The molecule has 9 heteroatoms. The van der Waals surface area contributed by atoms with Gasteiger partial charge >= 0.3 is 12.4 Å². The number of nitrogens with two attached hydrogens (primary N) is 1. The second-order valence-corrected chi connectivity index (χ2v) is 5.19. The first-order valence-electron chi connectivity index (χ1n) is 6.95. The standard InChI is InChI=1S/C14H16F3N3O3/c15-14(16,17)23-11-5-1-4-10(7-11)19-12(21)9-3-2-6-20(8-9)13(18)22/h1,4-5,7,9H,2-3,6,8H2,(H2,18,22)(H,19,21)/t9-/m0/s1. The number of amides is 3. The molecule has 1 aromatic rings. The molecule has 1 atom stereocenters. The van der Waals surface area contributed by atoms with Crippen LogP contribution in [0.3, 0.4) is 0 Å². The van der Waals surface area contributed by atoms with Gasteiger partial charge in [0.1, 0.15) is 5.75 Å². The molecule has 0 bridgehead atoms. The summed E-state index contributed by atoms with van der Waals surface area (Å²) in [5.41, 5.74) is 5.38. The van der Waals surface area contributed by atoms with Crippen molar-refractivity contribution in [3.63, 3.8) is 0 Å². The Morgan fingerprint density at radius 1 is 1.35 bits per heavy atom. The van der Waals surface area contributed by atoms with E-state index in [1.807, 2.05) is 0 Å². The molecule has 1 fully saturated rings. The van der Waals surface area contributed by atoms with Gasteiger partial charge in [-0.15, -0.1) is 13.2 Å². The summed E-state index contributed by atoms with van der Waals surface area (Å²) in [6.07, 6.45) is -3.58. The number of benzene rings is 1. The van der Waals surface area contributed by atoms with Crippen LogP contribution in [0.4, 0.5) is 23.7 Å². The number of anilines is 1. The summed E-state index contributed by atoms with van der Waals surface area (Å²) in [6.45, 7) is 0.688. The quantitative estimate of drug-likeness (QED) is 0.891. The van der Waals surface area contributed by atoms with Crippen LogP contribution in [0.2, 0.25) is 0 Å². The molecule has 0 aliphatic carbocycles. The molecular formula is C14H16F3N3O3. The molecule has 6 nitrogen and oxygen atoms in total. The van der Waals surface area contributed by atoms with Crippen LogP contribution in [-0.2, 0) is 4.79 Å². The lowest BCUT2D eigenvalue weighted by Gasteiger charge is -2.30. The van der Waals surface area contributed by atoms with E-state index in [0.29, 0.717) is 19.4 Å². The second kappa shape index (κ2) is 6.76. The van der Waals surface area contributed by atoms with E-state index in [9.17, 15) is 22.8 Å². The molecule has 0 spiro atoms. The van der Waals surface area contributed by atoms with Crippen LogP contribution in [0.25, 0.3) is 0 Å². The number of nitrogens with zero attached hydrogens (tertiary/aromatic N) is 1. The normalized spacial score (nSPS) is 18.4. The Hall–Kier alpha value is -2.45. The molecule has 23 heavy (non-hydrogen) atoms. The zero-order chi connectivity index (χ0) is 17.0. The number of piperidine rings is 1. The number of carbonyl (C=O) groups excluding carboxylic acids is 2. The zero-order valence-corrected chi connectivity index (χ0v) is 12.1. The fourth-order valence-corrected chi connectivity index (χ4v) is 2.41. The minimum absolute atomic E-state index is 0.188. The van der Waals surface area contributed by atoms with Gasteiger partial charge in [0.05, 0.1) is 5.92 Å². The molecule has 1 aliphatic heterocycles. The van der Waals surface area contributed by atoms with Crippen LogP contribution in [-0.4, -0.2) is 36.3 Å². The van der Waals surface area contributed by atoms with Crippen molar-refractivity contribution in [2.24, 2.45) is 11.7 Å². The van der Waals surface area contributed by atoms with Crippen molar-refractivity contribution < 1.29 is 27.5 Å². The van der Waals surface area contributed by atoms with Gasteiger partial charge in [0, 0.05) is 24.8 Å². The number of likely N-dealkylation sites (tertiary alicyclic amines) is 1. The van der Waals surface area contributed by atoms with Crippen LogP contribution in [0, 0.1) is 5.92 Å². The number of alkyl halides is 3. The van der Waals surface area contributed by atoms with E-state index in [-0.39, 0.29) is 18.1 Å². The van der Waals surface area contributed by atoms with Crippen molar-refractivity contribution in [3.05, 3.63) is 24.3 Å². The van der Waals surface area contributed by atoms with Crippen molar-refractivity contribution >= 4 is 17.6 Å². The third-order valence-electron chi connectivity index (χ3n) is 3.44. The van der Waals surface area contributed by atoms with Crippen molar-refractivity contribution in [1.29, 1.82) is 0 Å². The van der Waals surface area contributed by atoms with Gasteiger partial charge in [0.2, 0.25) is 5.91 Å². The fraction of sp³-hybridized carbons (Fsp3) is 0.429. The van der Waals surface area contributed by atoms with Crippen LogP contribution < -0.4 is 15.8 Å². The smallest absolute Gasteiger partial charge is 0.406 e. The highest BCUT2D eigenvalue weighted by atomic mass is 19.4. The Labute approximate surface area is 130 Å². The van der Waals surface area contributed by atoms with Crippen molar-refractivity contribution in [3.8, 4) is 5.75 Å². The van der Waals surface area contributed by atoms with Gasteiger partial charge < -0.3 is 20.7 Å². The number of carbonyl (C=O) groups is 2. The van der Waals surface area contributed by atoms with Gasteiger partial charge in [0.25, 0.3) is 0 Å². The third kappa shape index (κ3) is 5.04. The van der Waals surface area contributed by atoms with E-state index in [4.69, 9.17) is 5.73 Å². The van der Waals surface area contributed by atoms with Gasteiger partial charge in [-0.1, -0.05) is 6.07 Å². The summed E-state index contributed by atoms with van der Waals surface area (Å²) in [4.78, 5) is 24.7. The maximum Gasteiger partial charge on any atom is 0.573 e. The molecule has 1 heterocycles. The molecule has 0 aromatic heterocycles. The van der Waals surface area contributed by atoms with E-state index in [1.165, 1.54) is 17.0 Å². The fourth-order valence-electron chi connectivity index (χ4n) is 2.41. The lowest BCUT2D eigenvalue weighted by atomic mass is 9.97. The number of halogens is 3. The van der Waals surface area contributed by atoms with Crippen molar-refractivity contribution in [2.45, 2.75) is 19.2 Å².